The predicted molar refractivity (Wildman–Crippen MR) is 77.3 cm³/mol. The number of rotatable bonds is 5. The first-order valence-corrected chi connectivity index (χ1v) is 8.07. The van der Waals surface area contributed by atoms with Crippen molar-refractivity contribution in [2.75, 3.05) is 0 Å². The Labute approximate surface area is 120 Å². The zero-order valence-electron chi connectivity index (χ0n) is 10.1. The summed E-state index contributed by atoms with van der Waals surface area (Å²) in [4.78, 5) is 19.9. The van der Waals surface area contributed by atoms with Gasteiger partial charge in [0, 0.05) is 23.9 Å². The standard InChI is InChI=1S/C12H10NO5PS/c14-13(15)10-6-8-12(9-7-10)18-19(16,20)17-11-4-2-1-3-5-11/h1-9H,(H,16,20). The minimum Gasteiger partial charge on any atom is -0.416 e. The normalized spacial score (nSPS) is 13.2. The third-order valence-electron chi connectivity index (χ3n) is 2.23. The van der Waals surface area contributed by atoms with Crippen LogP contribution in [-0.2, 0) is 11.8 Å². The highest BCUT2D eigenvalue weighted by Gasteiger charge is 2.19. The van der Waals surface area contributed by atoms with Crippen LogP contribution in [0.4, 0.5) is 5.69 Å². The predicted octanol–water partition coefficient (Wildman–Crippen LogP) is 3.27. The topological polar surface area (TPSA) is 81.8 Å². The Bertz CT molecular complexity index is 647. The number of nitro benzene ring substituents is 1. The molecule has 1 N–H and O–H groups in total. The van der Waals surface area contributed by atoms with Crippen molar-refractivity contribution in [3.63, 3.8) is 0 Å². The van der Waals surface area contributed by atoms with E-state index in [0.29, 0.717) is 5.75 Å². The zero-order chi connectivity index (χ0) is 14.6. The maximum Gasteiger partial charge on any atom is 0.432 e. The summed E-state index contributed by atoms with van der Waals surface area (Å²) in [6.07, 6.45) is 0. The molecule has 0 bridgehead atoms. The van der Waals surface area contributed by atoms with Gasteiger partial charge in [-0.25, -0.2) is 0 Å². The van der Waals surface area contributed by atoms with Crippen molar-refractivity contribution in [1.82, 2.24) is 0 Å². The van der Waals surface area contributed by atoms with Crippen LogP contribution in [0.5, 0.6) is 11.5 Å². The molecule has 0 aliphatic heterocycles. The molecule has 2 aromatic carbocycles. The van der Waals surface area contributed by atoms with Gasteiger partial charge in [0.2, 0.25) is 0 Å². The molecule has 1 atom stereocenters. The first-order valence-electron chi connectivity index (χ1n) is 5.48. The second kappa shape index (κ2) is 6.00. The molecule has 1 unspecified atom stereocenters. The first-order chi connectivity index (χ1) is 9.46. The molecule has 20 heavy (non-hydrogen) atoms. The molecule has 2 aromatic rings. The lowest BCUT2D eigenvalue weighted by molar-refractivity contribution is -0.384. The monoisotopic (exact) mass is 311 g/mol. The molecule has 0 saturated carbocycles. The fraction of sp³-hybridized carbons (Fsp3) is 0. The van der Waals surface area contributed by atoms with Crippen LogP contribution in [0.1, 0.15) is 0 Å². The Morgan fingerprint density at radius 1 is 1.00 bits per heavy atom. The van der Waals surface area contributed by atoms with Gasteiger partial charge in [-0.1, -0.05) is 18.2 Å². The minimum absolute atomic E-state index is 0.0763. The van der Waals surface area contributed by atoms with Gasteiger partial charge >= 0.3 is 6.72 Å². The van der Waals surface area contributed by atoms with E-state index in [1.165, 1.54) is 24.3 Å². The molecule has 0 fully saturated rings. The zero-order valence-corrected chi connectivity index (χ0v) is 11.8. The van der Waals surface area contributed by atoms with E-state index < -0.39 is 11.6 Å². The number of benzene rings is 2. The van der Waals surface area contributed by atoms with Crippen molar-refractivity contribution in [3.8, 4) is 11.5 Å². The maximum atomic E-state index is 10.5. The molecule has 0 aliphatic rings. The number of para-hydroxylation sites is 1. The summed E-state index contributed by atoms with van der Waals surface area (Å²) in [6.45, 7) is -3.51. The van der Waals surface area contributed by atoms with E-state index in [2.05, 4.69) is 0 Å². The van der Waals surface area contributed by atoms with Gasteiger partial charge in [-0.05, 0) is 24.3 Å². The third-order valence-corrected chi connectivity index (χ3v) is 3.56. The summed E-state index contributed by atoms with van der Waals surface area (Å²) in [5.74, 6) is 0.595. The van der Waals surface area contributed by atoms with E-state index >= 15 is 0 Å². The van der Waals surface area contributed by atoms with Crippen LogP contribution < -0.4 is 9.05 Å². The van der Waals surface area contributed by atoms with Crippen LogP contribution in [0.25, 0.3) is 0 Å². The van der Waals surface area contributed by atoms with Crippen molar-refractivity contribution in [1.29, 1.82) is 0 Å². The second-order valence-corrected chi connectivity index (χ2v) is 6.40. The first kappa shape index (κ1) is 14.5. The summed E-state index contributed by atoms with van der Waals surface area (Å²) in [5, 5.41) is 10.5. The Morgan fingerprint density at radius 3 is 2.00 bits per heavy atom. The number of nitrogens with zero attached hydrogens (tertiary/aromatic N) is 1. The molecule has 0 amide bonds. The second-order valence-electron chi connectivity index (χ2n) is 3.72. The largest absolute Gasteiger partial charge is 0.432 e. The van der Waals surface area contributed by atoms with Gasteiger partial charge < -0.3 is 13.9 Å². The van der Waals surface area contributed by atoms with Gasteiger partial charge in [0.25, 0.3) is 5.69 Å². The van der Waals surface area contributed by atoms with Gasteiger partial charge in [0.1, 0.15) is 11.5 Å². The molecular formula is C12H10NO5PS. The minimum atomic E-state index is -3.51. The maximum absolute atomic E-state index is 10.5. The Morgan fingerprint density at radius 2 is 1.50 bits per heavy atom. The summed E-state index contributed by atoms with van der Waals surface area (Å²) in [6, 6.07) is 13.7. The molecule has 8 heteroatoms. The summed E-state index contributed by atoms with van der Waals surface area (Å²) in [5.41, 5.74) is -0.0763. The van der Waals surface area contributed by atoms with Crippen LogP contribution in [0.3, 0.4) is 0 Å². The van der Waals surface area contributed by atoms with Crippen LogP contribution in [0.2, 0.25) is 0 Å². The quantitative estimate of drug-likeness (QED) is 0.518. The Balaban J connectivity index is 2.08. The van der Waals surface area contributed by atoms with Crippen molar-refractivity contribution in [2.24, 2.45) is 0 Å². The van der Waals surface area contributed by atoms with Gasteiger partial charge in [0.05, 0.1) is 4.92 Å². The fourth-order valence-corrected chi connectivity index (χ4v) is 2.73. The lowest BCUT2D eigenvalue weighted by Gasteiger charge is -2.17. The SMILES string of the molecule is O=[N+]([O-])c1ccc(OP(O)(=S)Oc2ccccc2)cc1. The lowest BCUT2D eigenvalue weighted by Crippen LogP contribution is -1.99. The van der Waals surface area contributed by atoms with E-state index in [9.17, 15) is 15.0 Å². The van der Waals surface area contributed by atoms with Crippen molar-refractivity contribution in [2.45, 2.75) is 0 Å². The number of hydrogen-bond acceptors (Lipinski definition) is 5. The molecule has 0 radical (unpaired) electrons. The van der Waals surface area contributed by atoms with E-state index in [-0.39, 0.29) is 11.4 Å². The Kier molecular flexibility index (Phi) is 4.34. The van der Waals surface area contributed by atoms with Crippen molar-refractivity contribution in [3.05, 3.63) is 64.7 Å². The fourth-order valence-electron chi connectivity index (χ4n) is 1.40. The van der Waals surface area contributed by atoms with Gasteiger partial charge in [-0.15, -0.1) is 0 Å². The molecule has 6 nitrogen and oxygen atoms in total. The average molecular weight is 311 g/mol. The highest BCUT2D eigenvalue weighted by molar-refractivity contribution is 8.07. The molecular weight excluding hydrogens is 301 g/mol. The average Bonchev–Trinajstić information content (AvgIpc) is 2.39. The van der Waals surface area contributed by atoms with Gasteiger partial charge in [0.15, 0.2) is 0 Å². The van der Waals surface area contributed by atoms with E-state index in [0.717, 1.165) is 0 Å². The smallest absolute Gasteiger partial charge is 0.416 e. The van der Waals surface area contributed by atoms with Crippen LogP contribution in [-0.4, -0.2) is 9.82 Å². The number of non-ortho nitro benzene ring substituents is 1. The molecule has 0 aromatic heterocycles. The lowest BCUT2D eigenvalue weighted by atomic mass is 10.3. The summed E-state index contributed by atoms with van der Waals surface area (Å²) in [7, 11) is 0. The van der Waals surface area contributed by atoms with Gasteiger partial charge in [-0.2, -0.15) is 0 Å². The third kappa shape index (κ3) is 4.03. The molecule has 0 spiro atoms. The number of hydrogen-bond donors (Lipinski definition) is 1. The van der Waals surface area contributed by atoms with E-state index in [1.807, 2.05) is 0 Å². The Hall–Kier alpha value is -1.95. The van der Waals surface area contributed by atoms with E-state index in [4.69, 9.17) is 20.9 Å². The summed E-state index contributed by atoms with van der Waals surface area (Å²) >= 11 is 4.88. The highest BCUT2D eigenvalue weighted by atomic mass is 32.5. The number of nitro groups is 1. The van der Waals surface area contributed by atoms with Crippen molar-refractivity contribution < 1.29 is 18.9 Å². The molecule has 0 saturated heterocycles. The molecule has 0 heterocycles. The van der Waals surface area contributed by atoms with E-state index in [1.54, 1.807) is 30.3 Å². The molecule has 2 rings (SSSR count). The molecule has 104 valence electrons. The van der Waals surface area contributed by atoms with Gasteiger partial charge in [-0.3, -0.25) is 10.1 Å². The van der Waals surface area contributed by atoms with Crippen LogP contribution in [0, 0.1) is 10.1 Å². The summed E-state index contributed by atoms with van der Waals surface area (Å²) < 4.78 is 10.4. The van der Waals surface area contributed by atoms with Crippen LogP contribution >= 0.6 is 6.72 Å². The molecule has 0 aliphatic carbocycles. The van der Waals surface area contributed by atoms with Crippen molar-refractivity contribution >= 4 is 24.2 Å². The highest BCUT2D eigenvalue weighted by Crippen LogP contribution is 2.44. The van der Waals surface area contributed by atoms with Crippen LogP contribution in [0.15, 0.2) is 54.6 Å².